The predicted octanol–water partition coefficient (Wildman–Crippen LogP) is 4.61. The second kappa shape index (κ2) is 11.9. The van der Waals surface area contributed by atoms with Crippen LogP contribution in [0.2, 0.25) is 0 Å². The molecule has 0 spiro atoms. The molecule has 0 radical (unpaired) electrons. The van der Waals surface area contributed by atoms with Gasteiger partial charge in [-0.3, -0.25) is 0 Å². The molecule has 15 heavy (non-hydrogen) atoms. The van der Waals surface area contributed by atoms with Crippen molar-refractivity contribution >= 4 is 45.7 Å². The summed E-state index contributed by atoms with van der Waals surface area (Å²) >= 11 is 4.69. The zero-order chi connectivity index (χ0) is 11.5. The van der Waals surface area contributed by atoms with Crippen LogP contribution in [-0.4, -0.2) is 21.1 Å². The van der Waals surface area contributed by atoms with Gasteiger partial charge in [-0.1, -0.05) is 20.3 Å². The minimum Gasteiger partial charge on any atom is -0.381 e. The van der Waals surface area contributed by atoms with Crippen molar-refractivity contribution in [2.24, 2.45) is 5.92 Å². The normalized spacial score (nSPS) is 13.4. The van der Waals surface area contributed by atoms with Gasteiger partial charge in [-0.2, -0.15) is 1.33 Å². The minimum absolute atomic E-state index is 0.877. The molecule has 0 N–H and O–H groups in total. The third-order valence-corrected chi connectivity index (χ3v) is 3.50. The Balaban J connectivity index is 3.36. The average Bonchev–Trinajstić information content (AvgIpc) is 2.22. The van der Waals surface area contributed by atoms with Crippen LogP contribution in [-0.2, 0) is 4.74 Å². The Hall–Kier alpha value is 1.38. The van der Waals surface area contributed by atoms with Crippen LogP contribution < -0.4 is 0 Å². The molecule has 0 aliphatic heterocycles. The summed E-state index contributed by atoms with van der Waals surface area (Å²) in [6.07, 6.45) is 6.29. The van der Waals surface area contributed by atoms with Gasteiger partial charge in [-0.25, -0.2) is 0 Å². The van der Waals surface area contributed by atoms with Gasteiger partial charge in [0.25, 0.3) is 0 Å². The van der Waals surface area contributed by atoms with Crippen LogP contribution in [0.25, 0.3) is 0 Å². The molecular weight excluding hydrogens is 416 g/mol. The lowest BCUT2D eigenvalue weighted by Crippen LogP contribution is -2.08. The van der Waals surface area contributed by atoms with Gasteiger partial charge in [0.15, 0.2) is 0 Å². The highest BCUT2D eigenvalue weighted by Crippen LogP contribution is 2.18. The van der Waals surface area contributed by atoms with E-state index in [9.17, 15) is 0 Å². The van der Waals surface area contributed by atoms with E-state index in [2.05, 4.69) is 60.9 Å². The van der Waals surface area contributed by atoms with Crippen LogP contribution >= 0.6 is 45.7 Å². The fraction of sp³-hybridized carbons (Fsp3) is 1.00. The van der Waals surface area contributed by atoms with E-state index in [1.807, 2.05) is 0 Å². The first-order valence-corrected chi connectivity index (χ1v) is 7.80. The van der Waals surface area contributed by atoms with E-state index in [0.717, 1.165) is 25.6 Å². The van der Waals surface area contributed by atoms with Gasteiger partial charge in [0.05, 0.1) is 0 Å². The molecule has 0 aromatic carbocycles. The molecule has 1 atom stereocenters. The molecule has 92 valence electrons. The fourth-order valence-corrected chi connectivity index (χ4v) is 2.11. The topological polar surface area (TPSA) is 12.5 Å². The summed E-state index contributed by atoms with van der Waals surface area (Å²) in [5.74, 6) is 0.877. The average molecular weight is 439 g/mol. The number of halogens is 2. The standard InChI is InChI=1S/C11H23I2NO/c1-3-9-15-10-5-6-11(4-2)7-8-14(12)13/h11H,3-10H2,1-2H3/t11-/m0/s1. The van der Waals surface area contributed by atoms with Gasteiger partial charge in [0, 0.05) is 65.5 Å². The third kappa shape index (κ3) is 11.6. The van der Waals surface area contributed by atoms with E-state index in [-0.39, 0.29) is 0 Å². The highest BCUT2D eigenvalue weighted by Gasteiger charge is 2.07. The molecule has 0 saturated heterocycles. The van der Waals surface area contributed by atoms with Crippen LogP contribution in [0.4, 0.5) is 0 Å². The summed E-state index contributed by atoms with van der Waals surface area (Å²) in [6.45, 7) is 7.51. The molecule has 0 unspecified atom stereocenters. The van der Waals surface area contributed by atoms with Crippen molar-refractivity contribution in [3.05, 3.63) is 0 Å². The van der Waals surface area contributed by atoms with Crippen LogP contribution in [0.15, 0.2) is 0 Å². The predicted molar refractivity (Wildman–Crippen MR) is 83.5 cm³/mol. The van der Waals surface area contributed by atoms with Crippen molar-refractivity contribution in [3.8, 4) is 0 Å². The van der Waals surface area contributed by atoms with Crippen molar-refractivity contribution in [1.29, 1.82) is 0 Å². The molecule has 0 aromatic heterocycles. The Kier molecular flexibility index (Phi) is 12.9. The summed E-state index contributed by atoms with van der Waals surface area (Å²) in [5.41, 5.74) is 0. The van der Waals surface area contributed by atoms with Crippen LogP contribution in [0.3, 0.4) is 0 Å². The quantitative estimate of drug-likeness (QED) is 0.280. The smallest absolute Gasteiger partial charge is 0.0466 e. The van der Waals surface area contributed by atoms with E-state index >= 15 is 0 Å². The second-order valence-electron chi connectivity index (χ2n) is 3.84. The molecule has 0 amide bonds. The number of nitrogens with zero attached hydrogens (tertiary/aromatic N) is 1. The van der Waals surface area contributed by atoms with Gasteiger partial charge in [-0.05, 0) is 31.6 Å². The Morgan fingerprint density at radius 1 is 1.13 bits per heavy atom. The summed E-state index contributed by atoms with van der Waals surface area (Å²) in [6, 6.07) is 0. The van der Waals surface area contributed by atoms with Crippen LogP contribution in [0.1, 0.15) is 46.0 Å². The maximum atomic E-state index is 5.49. The summed E-state index contributed by atoms with van der Waals surface area (Å²) in [4.78, 5) is 0. The number of hydrogen-bond donors (Lipinski definition) is 0. The molecule has 0 saturated carbocycles. The van der Waals surface area contributed by atoms with Crippen molar-refractivity contribution in [3.63, 3.8) is 0 Å². The SMILES string of the molecule is CCCOCCC[C@H](CC)CCN(I)I. The van der Waals surface area contributed by atoms with E-state index in [0.29, 0.717) is 0 Å². The van der Waals surface area contributed by atoms with Gasteiger partial charge < -0.3 is 4.74 Å². The minimum atomic E-state index is 0.877. The van der Waals surface area contributed by atoms with Crippen molar-refractivity contribution in [1.82, 2.24) is 1.33 Å². The number of hydrogen-bond acceptors (Lipinski definition) is 2. The molecular formula is C11H23I2NO. The van der Waals surface area contributed by atoms with Crippen molar-refractivity contribution in [2.45, 2.75) is 46.0 Å². The summed E-state index contributed by atoms with van der Waals surface area (Å²) in [7, 11) is 0. The molecule has 0 fully saturated rings. The molecule has 4 heteroatoms. The van der Waals surface area contributed by atoms with Crippen molar-refractivity contribution in [2.75, 3.05) is 19.8 Å². The Morgan fingerprint density at radius 2 is 1.87 bits per heavy atom. The molecule has 0 bridgehead atoms. The monoisotopic (exact) mass is 439 g/mol. The molecule has 0 rings (SSSR count). The molecule has 0 aliphatic rings. The first-order valence-electron chi connectivity index (χ1n) is 5.87. The Morgan fingerprint density at radius 3 is 2.40 bits per heavy atom. The third-order valence-electron chi connectivity index (χ3n) is 2.53. The molecule has 0 aromatic rings. The Bertz CT molecular complexity index is 134. The summed E-state index contributed by atoms with van der Waals surface area (Å²) < 4.78 is 7.70. The number of ether oxygens (including phenoxy) is 1. The van der Waals surface area contributed by atoms with Crippen LogP contribution in [0.5, 0.6) is 0 Å². The van der Waals surface area contributed by atoms with Crippen molar-refractivity contribution < 1.29 is 4.74 Å². The zero-order valence-electron chi connectivity index (χ0n) is 9.85. The van der Waals surface area contributed by atoms with E-state index in [4.69, 9.17) is 4.74 Å². The maximum Gasteiger partial charge on any atom is 0.0466 e. The zero-order valence-corrected chi connectivity index (χ0v) is 14.2. The van der Waals surface area contributed by atoms with E-state index in [1.165, 1.54) is 32.2 Å². The van der Waals surface area contributed by atoms with Gasteiger partial charge in [-0.15, -0.1) is 0 Å². The second-order valence-corrected chi connectivity index (χ2v) is 8.02. The first-order chi connectivity index (χ1) is 7.20. The molecule has 0 heterocycles. The first kappa shape index (κ1) is 16.4. The van der Waals surface area contributed by atoms with E-state index < -0.39 is 0 Å². The highest BCUT2D eigenvalue weighted by molar-refractivity contribution is 14.2. The largest absolute Gasteiger partial charge is 0.381 e. The highest BCUT2D eigenvalue weighted by atomic mass is 127. The van der Waals surface area contributed by atoms with E-state index in [1.54, 1.807) is 0 Å². The fourth-order valence-electron chi connectivity index (χ4n) is 1.55. The lowest BCUT2D eigenvalue weighted by molar-refractivity contribution is 0.126. The van der Waals surface area contributed by atoms with Gasteiger partial charge in [0.2, 0.25) is 0 Å². The molecule has 2 nitrogen and oxygen atoms in total. The lowest BCUT2D eigenvalue weighted by atomic mass is 9.97. The molecule has 0 aliphatic carbocycles. The maximum absolute atomic E-state index is 5.49. The number of rotatable bonds is 10. The van der Waals surface area contributed by atoms with Gasteiger partial charge >= 0.3 is 0 Å². The van der Waals surface area contributed by atoms with Crippen LogP contribution in [0, 0.1) is 5.92 Å². The lowest BCUT2D eigenvalue weighted by Gasteiger charge is -2.15. The van der Waals surface area contributed by atoms with Gasteiger partial charge in [0.1, 0.15) is 0 Å². The Labute approximate surface area is 122 Å². The summed E-state index contributed by atoms with van der Waals surface area (Å²) in [5, 5.41) is 0.